The Morgan fingerprint density at radius 2 is 1.74 bits per heavy atom. The average Bonchev–Trinajstić information content (AvgIpc) is 2.56. The van der Waals surface area contributed by atoms with Crippen molar-refractivity contribution >= 4 is 11.6 Å². The Morgan fingerprint density at radius 1 is 1.00 bits per heavy atom. The van der Waals surface area contributed by atoms with E-state index in [2.05, 4.69) is 5.32 Å². The van der Waals surface area contributed by atoms with Crippen molar-refractivity contribution in [3.05, 3.63) is 47.8 Å². The fourth-order valence-corrected chi connectivity index (χ4v) is 2.16. The van der Waals surface area contributed by atoms with E-state index < -0.39 is 5.82 Å². The van der Waals surface area contributed by atoms with Crippen molar-refractivity contribution in [2.24, 2.45) is 0 Å². The van der Waals surface area contributed by atoms with Crippen LogP contribution in [0.25, 0.3) is 0 Å². The van der Waals surface area contributed by atoms with E-state index >= 15 is 0 Å². The van der Waals surface area contributed by atoms with Crippen LogP contribution in [0.4, 0.5) is 10.1 Å². The maximum absolute atomic E-state index is 13.2. The molecule has 2 aromatic carbocycles. The van der Waals surface area contributed by atoms with E-state index in [4.69, 9.17) is 14.2 Å². The molecule has 6 heteroatoms. The molecule has 0 saturated carbocycles. The van der Waals surface area contributed by atoms with E-state index in [1.54, 1.807) is 25.3 Å². The summed E-state index contributed by atoms with van der Waals surface area (Å²) in [6, 6.07) is 9.14. The van der Waals surface area contributed by atoms with Crippen molar-refractivity contribution < 1.29 is 23.4 Å². The number of rotatable bonds is 6. The molecule has 0 spiro atoms. The lowest BCUT2D eigenvalue weighted by atomic mass is 10.1. The molecule has 1 N–H and O–H groups in total. The summed E-state index contributed by atoms with van der Waals surface area (Å²) in [6.45, 7) is 0. The molecular weight excluding hydrogens is 301 g/mol. The predicted octanol–water partition coefficient (Wildman–Crippen LogP) is 3.03. The molecule has 0 heterocycles. The SMILES string of the molecule is COc1ccc(OC)c(CC(=O)Nc2ccc(F)cc2OC)c1. The number of amides is 1. The van der Waals surface area contributed by atoms with Crippen LogP contribution < -0.4 is 19.5 Å². The first-order valence-corrected chi connectivity index (χ1v) is 6.91. The number of carbonyl (C=O) groups is 1. The molecule has 0 aliphatic heterocycles. The van der Waals surface area contributed by atoms with Crippen LogP contribution in [0, 0.1) is 5.82 Å². The van der Waals surface area contributed by atoms with Crippen molar-refractivity contribution in [3.8, 4) is 17.2 Å². The van der Waals surface area contributed by atoms with Crippen LogP contribution in [0.15, 0.2) is 36.4 Å². The van der Waals surface area contributed by atoms with Gasteiger partial charge in [-0.05, 0) is 30.3 Å². The molecule has 0 fully saturated rings. The highest BCUT2D eigenvalue weighted by molar-refractivity contribution is 5.94. The molecule has 2 aromatic rings. The third kappa shape index (κ3) is 4.12. The van der Waals surface area contributed by atoms with E-state index in [0.717, 1.165) is 0 Å². The minimum absolute atomic E-state index is 0.0842. The molecule has 5 nitrogen and oxygen atoms in total. The lowest BCUT2D eigenvalue weighted by Crippen LogP contribution is -2.15. The summed E-state index contributed by atoms with van der Waals surface area (Å²) in [4.78, 5) is 12.2. The predicted molar refractivity (Wildman–Crippen MR) is 84.8 cm³/mol. The molecule has 0 aliphatic rings. The fourth-order valence-electron chi connectivity index (χ4n) is 2.16. The van der Waals surface area contributed by atoms with Crippen LogP contribution in [-0.2, 0) is 11.2 Å². The lowest BCUT2D eigenvalue weighted by Gasteiger charge is -2.12. The lowest BCUT2D eigenvalue weighted by molar-refractivity contribution is -0.115. The summed E-state index contributed by atoms with van der Waals surface area (Å²) in [5.74, 6) is 0.770. The van der Waals surface area contributed by atoms with Crippen LogP contribution in [0.5, 0.6) is 17.2 Å². The smallest absolute Gasteiger partial charge is 0.229 e. The first-order valence-electron chi connectivity index (χ1n) is 6.91. The zero-order valence-corrected chi connectivity index (χ0v) is 13.2. The number of benzene rings is 2. The number of anilines is 1. The number of ether oxygens (including phenoxy) is 3. The molecule has 23 heavy (non-hydrogen) atoms. The van der Waals surface area contributed by atoms with Crippen LogP contribution in [0.1, 0.15) is 5.56 Å². The molecule has 0 saturated heterocycles. The Kier molecular flexibility index (Phi) is 5.41. The minimum Gasteiger partial charge on any atom is -0.497 e. The molecule has 0 aliphatic carbocycles. The fraction of sp³-hybridized carbons (Fsp3) is 0.235. The van der Waals surface area contributed by atoms with Gasteiger partial charge >= 0.3 is 0 Å². The summed E-state index contributed by atoms with van der Waals surface area (Å²) in [5, 5.41) is 2.70. The standard InChI is InChI=1S/C17H18FNO4/c1-21-13-5-7-15(22-2)11(8-13)9-17(20)19-14-6-4-12(18)10-16(14)23-3/h4-8,10H,9H2,1-3H3,(H,19,20). The van der Waals surface area contributed by atoms with Crippen molar-refractivity contribution in [1.82, 2.24) is 0 Å². The summed E-state index contributed by atoms with van der Waals surface area (Å²) in [7, 11) is 4.50. The summed E-state index contributed by atoms with van der Waals surface area (Å²) >= 11 is 0. The molecule has 0 radical (unpaired) electrons. The highest BCUT2D eigenvalue weighted by Crippen LogP contribution is 2.27. The number of halogens is 1. The number of hydrogen-bond donors (Lipinski definition) is 1. The Labute approximate surface area is 134 Å². The minimum atomic E-state index is -0.436. The summed E-state index contributed by atoms with van der Waals surface area (Å²) in [5.41, 5.74) is 1.09. The van der Waals surface area contributed by atoms with Crippen LogP contribution in [0.3, 0.4) is 0 Å². The van der Waals surface area contributed by atoms with Gasteiger partial charge in [-0.25, -0.2) is 4.39 Å². The van der Waals surface area contributed by atoms with Gasteiger partial charge in [0.2, 0.25) is 5.91 Å². The molecule has 0 aromatic heterocycles. The first-order chi connectivity index (χ1) is 11.1. The van der Waals surface area contributed by atoms with E-state index in [1.807, 2.05) is 0 Å². The van der Waals surface area contributed by atoms with Gasteiger partial charge in [-0.3, -0.25) is 4.79 Å². The molecule has 0 bridgehead atoms. The molecule has 1 amide bonds. The maximum atomic E-state index is 13.2. The van der Waals surface area contributed by atoms with Gasteiger partial charge in [0.15, 0.2) is 0 Å². The second-order valence-electron chi connectivity index (χ2n) is 4.75. The summed E-state index contributed by atoms with van der Waals surface area (Å²) < 4.78 is 28.6. The molecule has 0 atom stereocenters. The van der Waals surface area contributed by atoms with Crippen LogP contribution >= 0.6 is 0 Å². The molecule has 122 valence electrons. The molecule has 2 rings (SSSR count). The Bertz CT molecular complexity index is 703. The second-order valence-corrected chi connectivity index (χ2v) is 4.75. The highest BCUT2D eigenvalue weighted by atomic mass is 19.1. The quantitative estimate of drug-likeness (QED) is 0.889. The van der Waals surface area contributed by atoms with Crippen molar-refractivity contribution in [2.75, 3.05) is 26.6 Å². The largest absolute Gasteiger partial charge is 0.497 e. The van der Waals surface area contributed by atoms with Gasteiger partial charge in [0.05, 0.1) is 33.4 Å². The zero-order valence-electron chi connectivity index (χ0n) is 13.2. The van der Waals surface area contributed by atoms with E-state index in [1.165, 1.54) is 32.4 Å². The van der Waals surface area contributed by atoms with E-state index in [9.17, 15) is 9.18 Å². The molecule has 0 unspecified atom stereocenters. The van der Waals surface area contributed by atoms with E-state index in [0.29, 0.717) is 22.7 Å². The summed E-state index contributed by atoms with van der Waals surface area (Å²) in [6.07, 6.45) is 0.0842. The Balaban J connectivity index is 2.17. The van der Waals surface area contributed by atoms with Gasteiger partial charge in [0.1, 0.15) is 23.1 Å². The average molecular weight is 319 g/mol. The topological polar surface area (TPSA) is 56.8 Å². The van der Waals surface area contributed by atoms with Crippen molar-refractivity contribution in [3.63, 3.8) is 0 Å². The van der Waals surface area contributed by atoms with Crippen LogP contribution in [0.2, 0.25) is 0 Å². The van der Waals surface area contributed by atoms with Gasteiger partial charge in [-0.1, -0.05) is 0 Å². The van der Waals surface area contributed by atoms with Gasteiger partial charge < -0.3 is 19.5 Å². The highest BCUT2D eigenvalue weighted by Gasteiger charge is 2.13. The van der Waals surface area contributed by atoms with Gasteiger partial charge in [0.25, 0.3) is 0 Å². The first kappa shape index (κ1) is 16.6. The van der Waals surface area contributed by atoms with E-state index in [-0.39, 0.29) is 18.1 Å². The number of carbonyl (C=O) groups excluding carboxylic acids is 1. The third-order valence-corrected chi connectivity index (χ3v) is 3.28. The normalized spacial score (nSPS) is 10.1. The molecular formula is C17H18FNO4. The van der Waals surface area contributed by atoms with Gasteiger partial charge in [0, 0.05) is 11.6 Å². The Hall–Kier alpha value is -2.76. The van der Waals surface area contributed by atoms with Gasteiger partial charge in [-0.2, -0.15) is 0 Å². The monoisotopic (exact) mass is 319 g/mol. The Morgan fingerprint density at radius 3 is 2.39 bits per heavy atom. The number of methoxy groups -OCH3 is 3. The second kappa shape index (κ2) is 7.49. The third-order valence-electron chi connectivity index (χ3n) is 3.28. The maximum Gasteiger partial charge on any atom is 0.229 e. The van der Waals surface area contributed by atoms with Crippen molar-refractivity contribution in [2.45, 2.75) is 6.42 Å². The number of hydrogen-bond acceptors (Lipinski definition) is 4. The zero-order chi connectivity index (χ0) is 16.8. The van der Waals surface area contributed by atoms with Gasteiger partial charge in [-0.15, -0.1) is 0 Å². The number of nitrogens with one attached hydrogen (secondary N) is 1. The van der Waals surface area contributed by atoms with Crippen molar-refractivity contribution in [1.29, 1.82) is 0 Å². The van der Waals surface area contributed by atoms with Crippen LogP contribution in [-0.4, -0.2) is 27.2 Å².